The lowest BCUT2D eigenvalue weighted by Gasteiger charge is -2.21. The fraction of sp³-hybridized carbons (Fsp3) is 0.300. The molecule has 2 aromatic carbocycles. The Hall–Kier alpha value is -2.66. The average molecular weight is 339 g/mol. The predicted molar refractivity (Wildman–Crippen MR) is 98.8 cm³/mol. The zero-order valence-electron chi connectivity index (χ0n) is 14.6. The third-order valence-corrected chi connectivity index (χ3v) is 3.70. The Balaban J connectivity index is 1.78. The first-order chi connectivity index (χ1) is 12.2. The van der Waals surface area contributed by atoms with Gasteiger partial charge in [-0.25, -0.2) is 4.79 Å². The molecule has 2 N–H and O–H groups in total. The summed E-state index contributed by atoms with van der Waals surface area (Å²) >= 11 is 0. The smallest absolute Gasteiger partial charge is 0.321 e. The summed E-state index contributed by atoms with van der Waals surface area (Å²) in [5.74, 6) is -0.296. The highest BCUT2D eigenvalue weighted by atomic mass is 16.2. The third-order valence-electron chi connectivity index (χ3n) is 3.70. The third kappa shape index (κ3) is 7.18. The van der Waals surface area contributed by atoms with Gasteiger partial charge in [-0.1, -0.05) is 67.6 Å². The molecule has 5 heteroatoms. The van der Waals surface area contributed by atoms with E-state index in [0.29, 0.717) is 13.1 Å². The summed E-state index contributed by atoms with van der Waals surface area (Å²) in [4.78, 5) is 26.0. The van der Waals surface area contributed by atoms with E-state index in [1.54, 1.807) is 0 Å². The molecular formula is C20H25N3O2. The van der Waals surface area contributed by atoms with Crippen LogP contribution in [0.25, 0.3) is 0 Å². The SMILES string of the molecule is CCCN(CC(=O)NC(=O)NCc1ccccc1)Cc1ccccc1. The molecule has 0 fully saturated rings. The van der Waals surface area contributed by atoms with Crippen LogP contribution in [0.5, 0.6) is 0 Å². The molecule has 0 bridgehead atoms. The number of nitrogens with one attached hydrogen (secondary N) is 2. The molecular weight excluding hydrogens is 314 g/mol. The van der Waals surface area contributed by atoms with E-state index < -0.39 is 6.03 Å². The molecule has 0 spiro atoms. The van der Waals surface area contributed by atoms with Crippen molar-refractivity contribution in [3.63, 3.8) is 0 Å². The van der Waals surface area contributed by atoms with Crippen molar-refractivity contribution in [1.29, 1.82) is 0 Å². The highest BCUT2D eigenvalue weighted by molar-refractivity contribution is 5.95. The van der Waals surface area contributed by atoms with Crippen LogP contribution in [-0.4, -0.2) is 29.9 Å². The van der Waals surface area contributed by atoms with Crippen molar-refractivity contribution < 1.29 is 9.59 Å². The number of amides is 3. The van der Waals surface area contributed by atoms with Crippen LogP contribution in [0.1, 0.15) is 24.5 Å². The second-order valence-corrected chi connectivity index (χ2v) is 5.91. The van der Waals surface area contributed by atoms with Gasteiger partial charge in [0.25, 0.3) is 0 Å². The minimum absolute atomic E-state index is 0.196. The van der Waals surface area contributed by atoms with Gasteiger partial charge < -0.3 is 5.32 Å². The zero-order chi connectivity index (χ0) is 17.9. The lowest BCUT2D eigenvalue weighted by molar-refractivity contribution is -0.121. The van der Waals surface area contributed by atoms with Gasteiger partial charge in [-0.3, -0.25) is 15.0 Å². The molecule has 0 aromatic heterocycles. The van der Waals surface area contributed by atoms with Gasteiger partial charge in [0.15, 0.2) is 0 Å². The summed E-state index contributed by atoms with van der Waals surface area (Å²) < 4.78 is 0. The van der Waals surface area contributed by atoms with Gasteiger partial charge in [0.2, 0.25) is 5.91 Å². The fourth-order valence-electron chi connectivity index (χ4n) is 2.56. The molecule has 3 amide bonds. The topological polar surface area (TPSA) is 61.4 Å². The quantitative estimate of drug-likeness (QED) is 0.777. The minimum atomic E-state index is -0.468. The van der Waals surface area contributed by atoms with E-state index in [1.165, 1.54) is 0 Å². The minimum Gasteiger partial charge on any atom is -0.334 e. The van der Waals surface area contributed by atoms with Crippen molar-refractivity contribution in [2.24, 2.45) is 0 Å². The van der Waals surface area contributed by atoms with E-state index in [4.69, 9.17) is 0 Å². The molecule has 0 aliphatic carbocycles. The first kappa shape index (κ1) is 18.7. The molecule has 0 heterocycles. The standard InChI is InChI=1S/C20H25N3O2/c1-2-13-23(15-18-11-7-4-8-12-18)16-19(24)22-20(25)21-14-17-9-5-3-6-10-17/h3-12H,2,13-16H2,1H3,(H2,21,22,24,25). The second-order valence-electron chi connectivity index (χ2n) is 5.91. The van der Waals surface area contributed by atoms with Gasteiger partial charge in [0.05, 0.1) is 6.54 Å². The molecule has 0 aliphatic rings. The van der Waals surface area contributed by atoms with Crippen molar-refractivity contribution in [3.05, 3.63) is 71.8 Å². The van der Waals surface area contributed by atoms with Crippen LogP contribution >= 0.6 is 0 Å². The molecule has 0 saturated heterocycles. The Bertz CT molecular complexity index is 659. The van der Waals surface area contributed by atoms with Crippen LogP contribution < -0.4 is 10.6 Å². The molecule has 5 nitrogen and oxygen atoms in total. The van der Waals surface area contributed by atoms with Gasteiger partial charge in [-0.2, -0.15) is 0 Å². The van der Waals surface area contributed by atoms with Crippen molar-refractivity contribution >= 4 is 11.9 Å². The number of imide groups is 1. The van der Waals surface area contributed by atoms with Crippen LogP contribution in [0.2, 0.25) is 0 Å². The molecule has 0 unspecified atom stereocenters. The number of benzene rings is 2. The van der Waals surface area contributed by atoms with Crippen molar-refractivity contribution in [2.75, 3.05) is 13.1 Å². The number of urea groups is 1. The van der Waals surface area contributed by atoms with E-state index in [0.717, 1.165) is 24.1 Å². The number of hydrogen-bond acceptors (Lipinski definition) is 3. The zero-order valence-corrected chi connectivity index (χ0v) is 14.6. The van der Waals surface area contributed by atoms with Crippen molar-refractivity contribution in [1.82, 2.24) is 15.5 Å². The summed E-state index contributed by atoms with van der Waals surface area (Å²) in [5.41, 5.74) is 2.14. The second kappa shape index (κ2) is 10.3. The van der Waals surface area contributed by atoms with Crippen molar-refractivity contribution in [2.45, 2.75) is 26.4 Å². The van der Waals surface area contributed by atoms with E-state index in [9.17, 15) is 9.59 Å². The van der Waals surface area contributed by atoms with Gasteiger partial charge in [0, 0.05) is 13.1 Å². The van der Waals surface area contributed by atoms with Crippen LogP contribution in [0.4, 0.5) is 4.79 Å². The fourth-order valence-corrected chi connectivity index (χ4v) is 2.56. The highest BCUT2D eigenvalue weighted by Gasteiger charge is 2.13. The summed E-state index contributed by atoms with van der Waals surface area (Å²) in [6, 6.07) is 19.1. The highest BCUT2D eigenvalue weighted by Crippen LogP contribution is 2.05. The Labute approximate surface area is 149 Å². The lowest BCUT2D eigenvalue weighted by atomic mass is 10.2. The molecule has 0 atom stereocenters. The largest absolute Gasteiger partial charge is 0.334 e. The molecule has 2 aromatic rings. The average Bonchev–Trinajstić information content (AvgIpc) is 2.62. The summed E-state index contributed by atoms with van der Waals surface area (Å²) in [5, 5.41) is 5.09. The van der Waals surface area contributed by atoms with E-state index in [-0.39, 0.29) is 12.5 Å². The maximum Gasteiger partial charge on any atom is 0.321 e. The summed E-state index contributed by atoms with van der Waals surface area (Å²) in [7, 11) is 0. The normalized spacial score (nSPS) is 10.5. The number of hydrogen-bond donors (Lipinski definition) is 2. The maximum absolute atomic E-state index is 12.1. The van der Waals surface area contributed by atoms with Gasteiger partial charge in [0.1, 0.15) is 0 Å². The van der Waals surface area contributed by atoms with E-state index in [2.05, 4.69) is 17.6 Å². The maximum atomic E-state index is 12.1. The Morgan fingerprint density at radius 2 is 1.52 bits per heavy atom. The predicted octanol–water partition coefficient (Wildman–Crippen LogP) is 2.92. The first-order valence-electron chi connectivity index (χ1n) is 8.55. The Kier molecular flexibility index (Phi) is 7.66. The monoisotopic (exact) mass is 339 g/mol. The number of nitrogens with zero attached hydrogens (tertiary/aromatic N) is 1. The molecule has 25 heavy (non-hydrogen) atoms. The number of carbonyl (C=O) groups is 2. The Morgan fingerprint density at radius 1 is 0.920 bits per heavy atom. The van der Waals surface area contributed by atoms with Gasteiger partial charge in [-0.15, -0.1) is 0 Å². The van der Waals surface area contributed by atoms with E-state index >= 15 is 0 Å². The Morgan fingerprint density at radius 3 is 2.12 bits per heavy atom. The molecule has 132 valence electrons. The van der Waals surface area contributed by atoms with Crippen LogP contribution in [0, 0.1) is 0 Å². The summed E-state index contributed by atoms with van der Waals surface area (Å²) in [6.45, 7) is 4.15. The van der Waals surface area contributed by atoms with Gasteiger partial charge in [-0.05, 0) is 24.1 Å². The molecule has 0 aliphatic heterocycles. The van der Waals surface area contributed by atoms with Gasteiger partial charge >= 0.3 is 6.03 Å². The summed E-state index contributed by atoms with van der Waals surface area (Å²) in [6.07, 6.45) is 0.945. The number of carbonyl (C=O) groups excluding carboxylic acids is 2. The van der Waals surface area contributed by atoms with Crippen LogP contribution in [0.3, 0.4) is 0 Å². The number of rotatable bonds is 8. The van der Waals surface area contributed by atoms with Crippen LogP contribution in [-0.2, 0) is 17.9 Å². The van der Waals surface area contributed by atoms with E-state index in [1.807, 2.05) is 65.6 Å². The van der Waals surface area contributed by atoms with Crippen molar-refractivity contribution in [3.8, 4) is 0 Å². The molecule has 0 radical (unpaired) electrons. The lowest BCUT2D eigenvalue weighted by Crippen LogP contribution is -2.44. The first-order valence-corrected chi connectivity index (χ1v) is 8.55. The molecule has 2 rings (SSSR count). The van der Waals surface area contributed by atoms with Crippen LogP contribution in [0.15, 0.2) is 60.7 Å². The molecule has 0 saturated carbocycles.